The largest absolute Gasteiger partial charge is 0.302 e. The second-order valence-corrected chi connectivity index (χ2v) is 9.70. The molecule has 4 heterocycles. The second kappa shape index (κ2) is 6.33. The molecular formula is C32H17N3O2. The first-order valence-electron chi connectivity index (χ1n) is 12.3. The molecule has 0 radical (unpaired) electrons. The average Bonchev–Trinajstić information content (AvgIpc) is 2.95. The normalized spacial score (nSPS) is 12.5. The van der Waals surface area contributed by atoms with E-state index >= 15 is 0 Å². The lowest BCUT2D eigenvalue weighted by atomic mass is 10.0. The van der Waals surface area contributed by atoms with Gasteiger partial charge < -0.3 is 4.57 Å². The summed E-state index contributed by atoms with van der Waals surface area (Å²) >= 11 is 0. The minimum atomic E-state index is -0.0570. The molecule has 5 heteroatoms. The van der Waals surface area contributed by atoms with E-state index in [1.54, 1.807) is 0 Å². The molecule has 0 fully saturated rings. The maximum Gasteiger partial charge on any atom is 0.263 e. The van der Waals surface area contributed by atoms with Gasteiger partial charge in [-0.05, 0) is 47.2 Å². The lowest BCUT2D eigenvalue weighted by Crippen LogP contribution is -2.23. The van der Waals surface area contributed by atoms with Crippen LogP contribution >= 0.6 is 0 Å². The van der Waals surface area contributed by atoms with Crippen molar-refractivity contribution in [1.82, 2.24) is 13.4 Å². The molecule has 0 bridgehead atoms. The van der Waals surface area contributed by atoms with Crippen LogP contribution in [0, 0.1) is 0 Å². The van der Waals surface area contributed by atoms with Crippen molar-refractivity contribution in [2.24, 2.45) is 0 Å². The molecular weight excluding hydrogens is 458 g/mol. The summed E-state index contributed by atoms with van der Waals surface area (Å²) in [7, 11) is 0. The number of rotatable bonds is 0. The van der Waals surface area contributed by atoms with Gasteiger partial charge in [0.25, 0.3) is 11.1 Å². The summed E-state index contributed by atoms with van der Waals surface area (Å²) in [6, 6.07) is 33.9. The van der Waals surface area contributed by atoms with Crippen LogP contribution in [0.2, 0.25) is 0 Å². The second-order valence-electron chi connectivity index (χ2n) is 9.70. The smallest absolute Gasteiger partial charge is 0.263 e. The molecule has 0 atom stereocenters. The number of benzene rings is 5. The minimum absolute atomic E-state index is 0.0570. The summed E-state index contributed by atoms with van der Waals surface area (Å²) < 4.78 is 5.90. The van der Waals surface area contributed by atoms with E-state index in [9.17, 15) is 9.59 Å². The predicted octanol–water partition coefficient (Wildman–Crippen LogP) is 6.34. The fraction of sp³-hybridized carbons (Fsp3) is 0. The van der Waals surface area contributed by atoms with Crippen molar-refractivity contribution in [3.05, 3.63) is 124 Å². The molecule has 37 heavy (non-hydrogen) atoms. The summed E-state index contributed by atoms with van der Waals surface area (Å²) in [5, 5.41) is 5.30. The van der Waals surface area contributed by atoms with Crippen molar-refractivity contribution in [1.29, 1.82) is 0 Å². The highest BCUT2D eigenvalue weighted by molar-refractivity contribution is 6.16. The molecule has 0 spiro atoms. The molecule has 0 N–H and O–H groups in total. The Hall–Kier alpha value is -5.16. The van der Waals surface area contributed by atoms with Crippen LogP contribution in [-0.4, -0.2) is 13.4 Å². The van der Waals surface area contributed by atoms with Gasteiger partial charge in [0.2, 0.25) is 0 Å². The van der Waals surface area contributed by atoms with Crippen molar-refractivity contribution in [2.45, 2.75) is 0 Å². The van der Waals surface area contributed by atoms with Gasteiger partial charge in [-0.15, -0.1) is 0 Å². The van der Waals surface area contributed by atoms with Crippen LogP contribution < -0.4 is 11.1 Å². The number of pyridine rings is 2. The molecule has 0 amide bonds. The zero-order valence-corrected chi connectivity index (χ0v) is 19.5. The number of fused-ring (bicyclic) bond motifs is 8. The molecule has 0 aliphatic carbocycles. The van der Waals surface area contributed by atoms with Crippen LogP contribution in [0.5, 0.6) is 0 Å². The first-order valence-corrected chi connectivity index (χ1v) is 12.3. The number of hydrogen-bond acceptors (Lipinski definition) is 2. The number of aromatic nitrogens is 3. The van der Waals surface area contributed by atoms with E-state index in [0.717, 1.165) is 60.3 Å². The van der Waals surface area contributed by atoms with E-state index in [1.165, 1.54) is 0 Å². The fourth-order valence-corrected chi connectivity index (χ4v) is 6.52. The molecule has 172 valence electrons. The molecule has 7 aromatic rings. The van der Waals surface area contributed by atoms with Crippen LogP contribution in [0.3, 0.4) is 0 Å². The van der Waals surface area contributed by atoms with E-state index < -0.39 is 0 Å². The molecule has 0 saturated carbocycles. The highest BCUT2D eigenvalue weighted by Crippen LogP contribution is 2.39. The van der Waals surface area contributed by atoms with Crippen LogP contribution in [0.15, 0.2) is 113 Å². The fourth-order valence-electron chi connectivity index (χ4n) is 6.52. The van der Waals surface area contributed by atoms with Gasteiger partial charge in [-0.2, -0.15) is 0 Å². The quantitative estimate of drug-likeness (QED) is 0.190. The molecule has 2 aromatic heterocycles. The van der Waals surface area contributed by atoms with Gasteiger partial charge in [0, 0.05) is 21.5 Å². The SMILES string of the molecule is O=c1c2ccccc2c2cccc3c2n1c1cccc2c1-n3c1cccc3c4ccccc4c(=O)n2c31. The lowest BCUT2D eigenvalue weighted by molar-refractivity contribution is 1.05. The van der Waals surface area contributed by atoms with E-state index in [2.05, 4.69) is 41.0 Å². The standard InChI is InChI=1S/C32H17N3O2/c36-31-22-10-3-1-8-18(22)20-12-5-14-24-28(20)34(31)26-16-7-17-27-30(26)33(24)25-15-6-13-21-19-9-2-4-11-23(19)32(37)35(27)29(21)25/h1-17H. The zero-order valence-electron chi connectivity index (χ0n) is 19.5. The van der Waals surface area contributed by atoms with Crippen molar-refractivity contribution in [3.8, 4) is 5.69 Å². The Labute approximate surface area is 208 Å². The maximum atomic E-state index is 14.0. The average molecular weight is 476 g/mol. The Morgan fingerprint density at radius 1 is 0.378 bits per heavy atom. The Kier molecular flexibility index (Phi) is 3.27. The van der Waals surface area contributed by atoms with Gasteiger partial charge >= 0.3 is 0 Å². The van der Waals surface area contributed by atoms with Crippen LogP contribution in [0.4, 0.5) is 0 Å². The van der Waals surface area contributed by atoms with Crippen LogP contribution in [-0.2, 0) is 0 Å². The monoisotopic (exact) mass is 475 g/mol. The van der Waals surface area contributed by atoms with E-state index in [-0.39, 0.29) is 11.1 Å². The Bertz CT molecular complexity index is 2340. The van der Waals surface area contributed by atoms with Gasteiger partial charge in [-0.25, -0.2) is 0 Å². The molecule has 2 aliphatic heterocycles. The number of nitrogens with zero attached hydrogens (tertiary/aromatic N) is 3. The van der Waals surface area contributed by atoms with E-state index in [0.29, 0.717) is 10.8 Å². The third-order valence-corrected chi connectivity index (χ3v) is 7.96. The van der Waals surface area contributed by atoms with E-state index in [1.807, 2.05) is 75.5 Å². The van der Waals surface area contributed by atoms with Crippen LogP contribution in [0.25, 0.3) is 71.1 Å². The van der Waals surface area contributed by atoms with Crippen molar-refractivity contribution < 1.29 is 0 Å². The van der Waals surface area contributed by atoms with Gasteiger partial charge in [0.15, 0.2) is 0 Å². The Morgan fingerprint density at radius 2 is 0.757 bits per heavy atom. The predicted molar refractivity (Wildman–Crippen MR) is 150 cm³/mol. The summed E-state index contributed by atoms with van der Waals surface area (Å²) in [4.78, 5) is 28.0. The van der Waals surface area contributed by atoms with Gasteiger partial charge in [0.05, 0.1) is 38.8 Å². The highest BCUT2D eigenvalue weighted by Gasteiger charge is 2.25. The van der Waals surface area contributed by atoms with Gasteiger partial charge in [-0.3, -0.25) is 18.4 Å². The van der Waals surface area contributed by atoms with Crippen molar-refractivity contribution in [2.75, 3.05) is 0 Å². The highest BCUT2D eigenvalue weighted by atomic mass is 16.1. The lowest BCUT2D eigenvalue weighted by Gasteiger charge is -2.26. The summed E-state index contributed by atoms with van der Waals surface area (Å²) in [6.07, 6.45) is 0. The summed E-state index contributed by atoms with van der Waals surface area (Å²) in [5.41, 5.74) is 5.90. The summed E-state index contributed by atoms with van der Waals surface area (Å²) in [5.74, 6) is 0. The molecule has 5 nitrogen and oxygen atoms in total. The zero-order chi connectivity index (χ0) is 24.4. The minimum Gasteiger partial charge on any atom is -0.302 e. The Morgan fingerprint density at radius 3 is 1.24 bits per heavy atom. The van der Waals surface area contributed by atoms with Crippen LogP contribution in [0.1, 0.15) is 0 Å². The molecule has 0 unspecified atom stereocenters. The molecule has 9 rings (SSSR count). The first-order chi connectivity index (χ1) is 18.2. The topological polar surface area (TPSA) is 47.9 Å². The molecule has 5 aromatic carbocycles. The first kappa shape index (κ1) is 19.1. The van der Waals surface area contributed by atoms with Crippen molar-refractivity contribution >= 4 is 65.4 Å². The Balaban J connectivity index is 1.75. The van der Waals surface area contributed by atoms with E-state index in [4.69, 9.17) is 0 Å². The number of hydrogen-bond donors (Lipinski definition) is 0. The van der Waals surface area contributed by atoms with Gasteiger partial charge in [0.1, 0.15) is 0 Å². The summed E-state index contributed by atoms with van der Waals surface area (Å²) in [6.45, 7) is 0. The molecule has 0 saturated heterocycles. The van der Waals surface area contributed by atoms with Crippen molar-refractivity contribution in [3.63, 3.8) is 0 Å². The maximum absolute atomic E-state index is 14.0. The molecule has 2 aliphatic rings. The van der Waals surface area contributed by atoms with Gasteiger partial charge in [-0.1, -0.05) is 66.7 Å². The number of para-hydroxylation sites is 3. The third kappa shape index (κ3) is 2.09. The third-order valence-electron chi connectivity index (χ3n) is 7.96.